The Labute approximate surface area is 172 Å². The monoisotopic (exact) mass is 415 g/mol. The summed E-state index contributed by atoms with van der Waals surface area (Å²) < 4.78 is 5.87. The molecule has 8 heteroatoms. The zero-order valence-electron chi connectivity index (χ0n) is 15.4. The number of aryl methyl sites for hydroxylation is 1. The van der Waals surface area contributed by atoms with Crippen LogP contribution in [0.3, 0.4) is 0 Å². The predicted molar refractivity (Wildman–Crippen MR) is 112 cm³/mol. The standard InChI is InChI=1S/C20H21N3O3S2/c1-14-13-21-20(28-14)23-19(25)17-11-16(12-18(22-17)27-10-8-24)26-9-7-15-5-3-2-4-6-15/h2-6,11-13,24H,7-10H2,1H3,(H,21,23,25). The topological polar surface area (TPSA) is 84.3 Å². The summed E-state index contributed by atoms with van der Waals surface area (Å²) in [5, 5.41) is 13.0. The molecule has 2 aromatic heterocycles. The van der Waals surface area contributed by atoms with Gasteiger partial charge in [-0.2, -0.15) is 0 Å². The van der Waals surface area contributed by atoms with Crippen LogP contribution < -0.4 is 10.1 Å². The molecule has 0 saturated heterocycles. The molecule has 2 N–H and O–H groups in total. The largest absolute Gasteiger partial charge is 0.493 e. The zero-order valence-corrected chi connectivity index (χ0v) is 17.1. The van der Waals surface area contributed by atoms with E-state index >= 15 is 0 Å². The van der Waals surface area contributed by atoms with Gasteiger partial charge in [0.25, 0.3) is 5.91 Å². The molecule has 0 aliphatic carbocycles. The van der Waals surface area contributed by atoms with Gasteiger partial charge in [-0.15, -0.1) is 23.1 Å². The average molecular weight is 416 g/mol. The lowest BCUT2D eigenvalue weighted by Gasteiger charge is -2.10. The molecule has 0 atom stereocenters. The van der Waals surface area contributed by atoms with E-state index in [1.165, 1.54) is 28.7 Å². The number of rotatable bonds is 9. The molecule has 0 fully saturated rings. The van der Waals surface area contributed by atoms with Crippen LogP contribution in [0.1, 0.15) is 20.9 Å². The Kier molecular flexibility index (Phi) is 7.41. The van der Waals surface area contributed by atoms with Gasteiger partial charge in [0.1, 0.15) is 16.5 Å². The van der Waals surface area contributed by atoms with E-state index < -0.39 is 0 Å². The molecule has 146 valence electrons. The number of thiazole rings is 1. The van der Waals surface area contributed by atoms with Crippen LogP contribution in [-0.2, 0) is 6.42 Å². The van der Waals surface area contributed by atoms with Crippen LogP contribution in [0.5, 0.6) is 5.75 Å². The summed E-state index contributed by atoms with van der Waals surface area (Å²) in [5.41, 5.74) is 1.44. The van der Waals surface area contributed by atoms with E-state index in [1.54, 1.807) is 18.3 Å². The first-order chi connectivity index (χ1) is 13.6. The van der Waals surface area contributed by atoms with E-state index in [2.05, 4.69) is 15.3 Å². The predicted octanol–water partition coefficient (Wildman–Crippen LogP) is 3.80. The molecule has 28 heavy (non-hydrogen) atoms. The minimum atomic E-state index is -0.339. The Morgan fingerprint density at radius 2 is 2.11 bits per heavy atom. The van der Waals surface area contributed by atoms with Gasteiger partial charge in [0, 0.05) is 35.4 Å². The Morgan fingerprint density at radius 1 is 1.29 bits per heavy atom. The number of benzene rings is 1. The molecule has 0 saturated carbocycles. The summed E-state index contributed by atoms with van der Waals surface area (Å²) in [6, 6.07) is 13.5. The molecule has 3 rings (SSSR count). The van der Waals surface area contributed by atoms with Crippen molar-refractivity contribution in [3.05, 3.63) is 64.8 Å². The average Bonchev–Trinajstić information content (AvgIpc) is 3.11. The summed E-state index contributed by atoms with van der Waals surface area (Å²) in [7, 11) is 0. The Balaban J connectivity index is 1.71. The lowest BCUT2D eigenvalue weighted by Crippen LogP contribution is -2.14. The van der Waals surface area contributed by atoms with Crippen molar-refractivity contribution in [1.29, 1.82) is 0 Å². The van der Waals surface area contributed by atoms with Gasteiger partial charge in [-0.1, -0.05) is 30.3 Å². The summed E-state index contributed by atoms with van der Waals surface area (Å²) in [5.74, 6) is 0.730. The minimum absolute atomic E-state index is 0.0331. The molecule has 0 unspecified atom stereocenters. The van der Waals surface area contributed by atoms with Crippen molar-refractivity contribution in [2.45, 2.75) is 18.4 Å². The maximum atomic E-state index is 12.6. The minimum Gasteiger partial charge on any atom is -0.493 e. The number of anilines is 1. The molecule has 0 spiro atoms. The van der Waals surface area contributed by atoms with Crippen LogP contribution in [0, 0.1) is 6.92 Å². The van der Waals surface area contributed by atoms with Gasteiger partial charge in [0.15, 0.2) is 5.13 Å². The Hall–Kier alpha value is -2.42. The highest BCUT2D eigenvalue weighted by Crippen LogP contribution is 2.24. The van der Waals surface area contributed by atoms with Crippen molar-refractivity contribution in [3.63, 3.8) is 0 Å². The summed E-state index contributed by atoms with van der Waals surface area (Å²) in [6.07, 6.45) is 2.47. The number of ether oxygens (including phenoxy) is 1. The number of hydrogen-bond donors (Lipinski definition) is 2. The molecule has 6 nitrogen and oxygen atoms in total. The molecule has 3 aromatic rings. The second-order valence-corrected chi connectivity index (χ2v) is 8.26. The van der Waals surface area contributed by atoms with Crippen LogP contribution in [-0.4, -0.2) is 39.9 Å². The molecular formula is C20H21N3O3S2. The van der Waals surface area contributed by atoms with Gasteiger partial charge < -0.3 is 9.84 Å². The number of amides is 1. The number of aliphatic hydroxyl groups excluding tert-OH is 1. The van der Waals surface area contributed by atoms with Crippen LogP contribution in [0.4, 0.5) is 5.13 Å². The number of nitrogens with zero attached hydrogens (tertiary/aromatic N) is 2. The fourth-order valence-electron chi connectivity index (χ4n) is 2.41. The van der Waals surface area contributed by atoms with Gasteiger partial charge in [-0.25, -0.2) is 9.97 Å². The molecule has 0 radical (unpaired) electrons. The smallest absolute Gasteiger partial charge is 0.276 e. The summed E-state index contributed by atoms with van der Waals surface area (Å²) in [4.78, 5) is 22.1. The van der Waals surface area contributed by atoms with E-state index in [4.69, 9.17) is 9.84 Å². The maximum absolute atomic E-state index is 12.6. The van der Waals surface area contributed by atoms with E-state index in [-0.39, 0.29) is 18.2 Å². The number of hydrogen-bond acceptors (Lipinski definition) is 7. The fourth-order valence-corrected chi connectivity index (χ4v) is 3.73. The molecule has 1 amide bonds. The molecule has 2 heterocycles. The van der Waals surface area contributed by atoms with Gasteiger partial charge in [0.2, 0.25) is 0 Å². The normalized spacial score (nSPS) is 10.6. The second-order valence-electron chi connectivity index (χ2n) is 5.91. The van der Waals surface area contributed by atoms with Gasteiger partial charge in [-0.05, 0) is 12.5 Å². The van der Waals surface area contributed by atoms with Crippen molar-refractivity contribution in [2.24, 2.45) is 0 Å². The summed E-state index contributed by atoms with van der Waals surface area (Å²) >= 11 is 2.78. The Morgan fingerprint density at radius 3 is 2.82 bits per heavy atom. The second kappa shape index (κ2) is 10.2. The van der Waals surface area contributed by atoms with Crippen molar-refractivity contribution in [3.8, 4) is 5.75 Å². The molecule has 1 aromatic carbocycles. The number of thioether (sulfide) groups is 1. The van der Waals surface area contributed by atoms with Crippen LogP contribution in [0.25, 0.3) is 0 Å². The Bertz CT molecular complexity index is 916. The van der Waals surface area contributed by atoms with Crippen LogP contribution >= 0.6 is 23.1 Å². The van der Waals surface area contributed by atoms with Gasteiger partial charge >= 0.3 is 0 Å². The fraction of sp³-hybridized carbons (Fsp3) is 0.250. The number of aromatic nitrogens is 2. The number of aliphatic hydroxyl groups is 1. The van der Waals surface area contributed by atoms with Gasteiger partial charge in [-0.3, -0.25) is 10.1 Å². The zero-order chi connectivity index (χ0) is 19.8. The van der Waals surface area contributed by atoms with Gasteiger partial charge in [0.05, 0.1) is 13.2 Å². The highest BCUT2D eigenvalue weighted by molar-refractivity contribution is 7.99. The van der Waals surface area contributed by atoms with Crippen molar-refractivity contribution in [2.75, 3.05) is 24.3 Å². The number of carbonyl (C=O) groups excluding carboxylic acids is 1. The molecular weight excluding hydrogens is 394 g/mol. The highest BCUT2D eigenvalue weighted by Gasteiger charge is 2.14. The molecule has 0 aliphatic heterocycles. The number of carbonyl (C=O) groups is 1. The van der Waals surface area contributed by atoms with Crippen LogP contribution in [0.15, 0.2) is 53.7 Å². The first-order valence-electron chi connectivity index (χ1n) is 8.80. The van der Waals surface area contributed by atoms with Crippen molar-refractivity contribution >= 4 is 34.1 Å². The van der Waals surface area contributed by atoms with E-state index in [0.717, 1.165) is 11.3 Å². The lowest BCUT2D eigenvalue weighted by atomic mass is 10.2. The SMILES string of the molecule is Cc1cnc(NC(=O)c2cc(OCCc3ccccc3)cc(SCCO)n2)s1. The molecule has 0 aliphatic rings. The van der Waals surface area contributed by atoms with Crippen LogP contribution in [0.2, 0.25) is 0 Å². The lowest BCUT2D eigenvalue weighted by molar-refractivity contribution is 0.102. The van der Waals surface area contributed by atoms with E-state index in [0.29, 0.717) is 28.3 Å². The van der Waals surface area contributed by atoms with E-state index in [1.807, 2.05) is 37.3 Å². The first-order valence-corrected chi connectivity index (χ1v) is 10.6. The number of pyridine rings is 1. The molecule has 0 bridgehead atoms. The quantitative estimate of drug-likeness (QED) is 0.517. The first kappa shape index (κ1) is 20.3. The third-order valence-corrected chi connectivity index (χ3v) is 5.41. The maximum Gasteiger partial charge on any atom is 0.276 e. The van der Waals surface area contributed by atoms with Crippen molar-refractivity contribution < 1.29 is 14.6 Å². The van der Waals surface area contributed by atoms with E-state index in [9.17, 15) is 4.79 Å². The highest BCUT2D eigenvalue weighted by atomic mass is 32.2. The third kappa shape index (κ3) is 6.05. The third-order valence-electron chi connectivity index (χ3n) is 3.69. The number of nitrogens with one attached hydrogen (secondary N) is 1. The van der Waals surface area contributed by atoms with Crippen molar-refractivity contribution in [1.82, 2.24) is 9.97 Å². The summed E-state index contributed by atoms with van der Waals surface area (Å²) in [6.45, 7) is 2.45.